The van der Waals surface area contributed by atoms with Gasteiger partial charge in [0, 0.05) is 27.9 Å². The van der Waals surface area contributed by atoms with Crippen molar-refractivity contribution < 1.29 is 5.11 Å². The molecule has 0 bridgehead atoms. The van der Waals surface area contributed by atoms with Crippen LogP contribution >= 0.6 is 11.3 Å². The molecule has 0 fully saturated rings. The average molecular weight is 283 g/mol. The molecule has 2 aromatic heterocycles. The van der Waals surface area contributed by atoms with Crippen molar-refractivity contribution in [3.8, 4) is 0 Å². The molecule has 3 rings (SSSR count). The number of fused-ring (bicyclic) bond motifs is 1. The van der Waals surface area contributed by atoms with Gasteiger partial charge in [0.2, 0.25) is 0 Å². The Labute approximate surface area is 122 Å². The first-order valence-corrected chi connectivity index (χ1v) is 7.68. The number of hydrogen-bond acceptors (Lipinski definition) is 3. The van der Waals surface area contributed by atoms with E-state index in [1.807, 2.05) is 24.4 Å². The Bertz CT molecular complexity index is 669. The van der Waals surface area contributed by atoms with Crippen LogP contribution < -0.4 is 0 Å². The smallest absolute Gasteiger partial charge is 0.0937 e. The van der Waals surface area contributed by atoms with Crippen LogP contribution in [0.3, 0.4) is 0 Å². The predicted octanol–water partition coefficient (Wildman–Crippen LogP) is 4.13. The molecule has 1 N–H and O–H groups in total. The highest BCUT2D eigenvalue weighted by Crippen LogP contribution is 2.31. The number of aliphatic hydroxyl groups is 1. The van der Waals surface area contributed by atoms with Gasteiger partial charge < -0.3 is 5.11 Å². The summed E-state index contributed by atoms with van der Waals surface area (Å²) in [5, 5.41) is 11.6. The van der Waals surface area contributed by atoms with Crippen LogP contribution in [0.15, 0.2) is 48.7 Å². The van der Waals surface area contributed by atoms with E-state index in [1.54, 1.807) is 11.3 Å². The summed E-state index contributed by atoms with van der Waals surface area (Å²) < 4.78 is 1.22. The molecule has 1 aromatic carbocycles. The average Bonchev–Trinajstić information content (AvgIpc) is 2.92. The number of aliphatic hydroxyl groups excluding tert-OH is 1. The maximum Gasteiger partial charge on any atom is 0.0937 e. The molecule has 0 aliphatic heterocycles. The number of nitrogens with zero attached hydrogens (tertiary/aromatic N) is 1. The maximum absolute atomic E-state index is 10.4. The Morgan fingerprint density at radius 1 is 1.20 bits per heavy atom. The molecule has 0 aliphatic rings. The van der Waals surface area contributed by atoms with E-state index in [0.717, 1.165) is 17.0 Å². The first kappa shape index (κ1) is 13.3. The molecule has 3 aromatic rings. The molecule has 102 valence electrons. The number of hydrogen-bond donors (Lipinski definition) is 1. The Kier molecular flexibility index (Phi) is 3.81. The fourth-order valence-electron chi connectivity index (χ4n) is 2.25. The first-order chi connectivity index (χ1) is 9.76. The molecule has 1 unspecified atom stereocenters. The van der Waals surface area contributed by atoms with Gasteiger partial charge in [-0.15, -0.1) is 11.3 Å². The highest BCUT2D eigenvalue weighted by molar-refractivity contribution is 7.19. The molecule has 0 saturated carbocycles. The lowest BCUT2D eigenvalue weighted by molar-refractivity contribution is 0.181. The van der Waals surface area contributed by atoms with Crippen molar-refractivity contribution in [1.82, 2.24) is 4.98 Å². The Morgan fingerprint density at radius 3 is 2.75 bits per heavy atom. The first-order valence-electron chi connectivity index (χ1n) is 6.86. The van der Waals surface area contributed by atoms with Gasteiger partial charge in [-0.1, -0.05) is 31.2 Å². The van der Waals surface area contributed by atoms with Crippen molar-refractivity contribution >= 4 is 21.4 Å². The molecule has 0 amide bonds. The highest BCUT2D eigenvalue weighted by atomic mass is 32.1. The Morgan fingerprint density at radius 2 is 2.05 bits per heavy atom. The van der Waals surface area contributed by atoms with Crippen LogP contribution in [0.1, 0.15) is 29.2 Å². The third kappa shape index (κ3) is 2.74. The molecule has 2 nitrogen and oxygen atoms in total. The molecule has 3 heteroatoms. The van der Waals surface area contributed by atoms with E-state index in [-0.39, 0.29) is 0 Å². The van der Waals surface area contributed by atoms with E-state index < -0.39 is 6.10 Å². The van der Waals surface area contributed by atoms with Gasteiger partial charge in [-0.3, -0.25) is 4.98 Å². The van der Waals surface area contributed by atoms with Crippen molar-refractivity contribution in [3.05, 3.63) is 64.8 Å². The molecule has 0 saturated heterocycles. The summed E-state index contributed by atoms with van der Waals surface area (Å²) in [5.41, 5.74) is 2.16. The second-order valence-electron chi connectivity index (χ2n) is 4.92. The zero-order valence-electron chi connectivity index (χ0n) is 11.4. The van der Waals surface area contributed by atoms with Crippen molar-refractivity contribution in [2.75, 3.05) is 0 Å². The minimum Gasteiger partial charge on any atom is -0.387 e. The second kappa shape index (κ2) is 5.73. The van der Waals surface area contributed by atoms with Gasteiger partial charge in [0.1, 0.15) is 0 Å². The Hall–Kier alpha value is -1.71. The van der Waals surface area contributed by atoms with Crippen molar-refractivity contribution in [1.29, 1.82) is 0 Å². The lowest BCUT2D eigenvalue weighted by Gasteiger charge is -2.08. The minimum atomic E-state index is -0.479. The minimum absolute atomic E-state index is 0.479. The van der Waals surface area contributed by atoms with E-state index in [2.05, 4.69) is 36.2 Å². The summed E-state index contributed by atoms with van der Waals surface area (Å²) in [6.45, 7) is 2.11. The summed E-state index contributed by atoms with van der Waals surface area (Å²) in [6, 6.07) is 14.4. The van der Waals surface area contributed by atoms with Crippen molar-refractivity contribution in [2.45, 2.75) is 25.9 Å². The SMILES string of the molecule is CCc1ccc(CC(O)c2cc3ccccc3s2)nc1. The number of rotatable bonds is 4. The van der Waals surface area contributed by atoms with Gasteiger partial charge in [-0.05, 0) is 35.6 Å². The number of thiophene rings is 1. The second-order valence-corrected chi connectivity index (χ2v) is 6.03. The highest BCUT2D eigenvalue weighted by Gasteiger charge is 2.12. The number of aromatic nitrogens is 1. The maximum atomic E-state index is 10.4. The topological polar surface area (TPSA) is 33.1 Å². The van der Waals surface area contributed by atoms with Gasteiger partial charge in [0.15, 0.2) is 0 Å². The van der Waals surface area contributed by atoms with E-state index in [1.165, 1.54) is 15.6 Å². The molecular weight excluding hydrogens is 266 g/mol. The van der Waals surface area contributed by atoms with E-state index in [9.17, 15) is 5.11 Å². The van der Waals surface area contributed by atoms with Gasteiger partial charge in [-0.2, -0.15) is 0 Å². The quantitative estimate of drug-likeness (QED) is 0.781. The summed E-state index contributed by atoms with van der Waals surface area (Å²) in [4.78, 5) is 5.42. The normalized spacial score (nSPS) is 12.7. The molecular formula is C17H17NOS. The van der Waals surface area contributed by atoms with E-state index >= 15 is 0 Å². The van der Waals surface area contributed by atoms with Crippen molar-refractivity contribution in [3.63, 3.8) is 0 Å². The molecule has 1 atom stereocenters. The molecule has 0 aliphatic carbocycles. The van der Waals surface area contributed by atoms with E-state index in [0.29, 0.717) is 6.42 Å². The lowest BCUT2D eigenvalue weighted by atomic mass is 10.1. The molecule has 0 spiro atoms. The number of benzene rings is 1. The van der Waals surface area contributed by atoms with Gasteiger partial charge in [0.05, 0.1) is 6.10 Å². The fourth-order valence-corrected chi connectivity index (χ4v) is 3.30. The van der Waals surface area contributed by atoms with Crippen LogP contribution in [-0.4, -0.2) is 10.1 Å². The van der Waals surface area contributed by atoms with Crippen LogP contribution in [0.2, 0.25) is 0 Å². The Balaban J connectivity index is 1.79. The summed E-state index contributed by atoms with van der Waals surface area (Å²) in [6.07, 6.45) is 2.98. The standard InChI is InChI=1S/C17H17NOS/c1-2-12-7-8-14(18-11-12)10-15(19)17-9-13-5-3-4-6-16(13)20-17/h3-9,11,15,19H,2,10H2,1H3. The zero-order valence-corrected chi connectivity index (χ0v) is 12.2. The molecule has 20 heavy (non-hydrogen) atoms. The monoisotopic (exact) mass is 283 g/mol. The summed E-state index contributed by atoms with van der Waals surface area (Å²) in [5.74, 6) is 0. The van der Waals surface area contributed by atoms with E-state index in [4.69, 9.17) is 0 Å². The van der Waals surface area contributed by atoms with Crippen LogP contribution in [0.5, 0.6) is 0 Å². The largest absolute Gasteiger partial charge is 0.387 e. The third-order valence-corrected chi connectivity index (χ3v) is 4.69. The number of aryl methyl sites for hydroxylation is 1. The lowest BCUT2D eigenvalue weighted by Crippen LogP contribution is -2.01. The number of pyridine rings is 1. The van der Waals surface area contributed by atoms with Gasteiger partial charge >= 0.3 is 0 Å². The zero-order chi connectivity index (χ0) is 13.9. The third-order valence-electron chi connectivity index (χ3n) is 3.47. The van der Waals surface area contributed by atoms with Gasteiger partial charge in [-0.25, -0.2) is 0 Å². The van der Waals surface area contributed by atoms with Crippen LogP contribution in [-0.2, 0) is 12.8 Å². The van der Waals surface area contributed by atoms with Crippen LogP contribution in [0.4, 0.5) is 0 Å². The van der Waals surface area contributed by atoms with Gasteiger partial charge in [0.25, 0.3) is 0 Å². The van der Waals surface area contributed by atoms with Crippen LogP contribution in [0.25, 0.3) is 10.1 Å². The summed E-state index contributed by atoms with van der Waals surface area (Å²) in [7, 11) is 0. The predicted molar refractivity (Wildman–Crippen MR) is 84.1 cm³/mol. The van der Waals surface area contributed by atoms with Crippen molar-refractivity contribution in [2.24, 2.45) is 0 Å². The van der Waals surface area contributed by atoms with Crippen LogP contribution in [0, 0.1) is 0 Å². The fraction of sp³-hybridized carbons (Fsp3) is 0.235. The molecule has 0 radical (unpaired) electrons. The molecule has 2 heterocycles. The summed E-state index contributed by atoms with van der Waals surface area (Å²) >= 11 is 1.65.